The van der Waals surface area contributed by atoms with E-state index in [0.29, 0.717) is 11.3 Å². The van der Waals surface area contributed by atoms with Crippen molar-refractivity contribution < 1.29 is 23.5 Å². The smallest absolute Gasteiger partial charge is 0.342 e. The summed E-state index contributed by atoms with van der Waals surface area (Å²) in [5.74, 6) is -1.99. The fourth-order valence-corrected chi connectivity index (χ4v) is 2.93. The Balaban J connectivity index is 1.89. The Bertz CT molecular complexity index is 1070. The number of aryl methyl sites for hydroxylation is 2. The topological polar surface area (TPSA) is 64.6 Å². The molecule has 3 aromatic rings. The molecule has 0 radical (unpaired) electrons. The van der Waals surface area contributed by atoms with Gasteiger partial charge in [0.2, 0.25) is 6.10 Å². The highest BCUT2D eigenvalue weighted by molar-refractivity contribution is 5.98. The fourth-order valence-electron chi connectivity index (χ4n) is 2.93. The molecule has 154 valence electrons. The highest BCUT2D eigenvalue weighted by Crippen LogP contribution is 2.25. The standard InChI is InChI=1S/C24H22FNO4/c1-15-9-10-16(2)21(13-15)26-23(27)22(17-7-5-4-6-8-17)30-24(28)19-12-11-18(29-3)14-20(19)25/h4-14,22H,1-3H3,(H,26,27)/t22-/m0/s1. The number of esters is 1. The van der Waals surface area contributed by atoms with Gasteiger partial charge in [-0.3, -0.25) is 4.79 Å². The summed E-state index contributed by atoms with van der Waals surface area (Å²) >= 11 is 0. The number of carbonyl (C=O) groups is 2. The van der Waals surface area contributed by atoms with Gasteiger partial charge in [0.05, 0.1) is 12.7 Å². The van der Waals surface area contributed by atoms with Gasteiger partial charge in [-0.15, -0.1) is 0 Å². The summed E-state index contributed by atoms with van der Waals surface area (Å²) in [6.45, 7) is 3.78. The summed E-state index contributed by atoms with van der Waals surface area (Å²) in [5, 5.41) is 2.81. The molecule has 3 rings (SSSR count). The van der Waals surface area contributed by atoms with Crippen LogP contribution in [0.2, 0.25) is 0 Å². The highest BCUT2D eigenvalue weighted by Gasteiger charge is 2.27. The van der Waals surface area contributed by atoms with Crippen LogP contribution in [0.25, 0.3) is 0 Å². The number of hydrogen-bond donors (Lipinski definition) is 1. The molecule has 0 aliphatic carbocycles. The number of benzene rings is 3. The zero-order chi connectivity index (χ0) is 21.7. The summed E-state index contributed by atoms with van der Waals surface area (Å²) in [6.07, 6.45) is -1.25. The van der Waals surface area contributed by atoms with Gasteiger partial charge in [0, 0.05) is 17.3 Å². The van der Waals surface area contributed by atoms with E-state index < -0.39 is 23.8 Å². The van der Waals surface area contributed by atoms with Crippen LogP contribution < -0.4 is 10.1 Å². The van der Waals surface area contributed by atoms with Gasteiger partial charge in [-0.05, 0) is 43.2 Å². The van der Waals surface area contributed by atoms with E-state index in [1.807, 2.05) is 32.0 Å². The van der Waals surface area contributed by atoms with Crippen molar-refractivity contribution in [3.63, 3.8) is 0 Å². The molecule has 30 heavy (non-hydrogen) atoms. The zero-order valence-electron chi connectivity index (χ0n) is 16.9. The molecule has 1 atom stereocenters. The minimum Gasteiger partial charge on any atom is -0.497 e. The molecule has 6 heteroatoms. The molecule has 3 aromatic carbocycles. The van der Waals surface area contributed by atoms with Crippen LogP contribution in [-0.2, 0) is 9.53 Å². The van der Waals surface area contributed by atoms with Gasteiger partial charge in [-0.2, -0.15) is 0 Å². The van der Waals surface area contributed by atoms with Gasteiger partial charge in [-0.25, -0.2) is 9.18 Å². The average Bonchev–Trinajstić information content (AvgIpc) is 2.74. The SMILES string of the molecule is COc1ccc(C(=O)O[C@H](C(=O)Nc2cc(C)ccc2C)c2ccccc2)c(F)c1. The molecule has 0 aliphatic rings. The first kappa shape index (κ1) is 21.0. The Morgan fingerprint density at radius 1 is 0.967 bits per heavy atom. The van der Waals surface area contributed by atoms with Gasteiger partial charge in [-0.1, -0.05) is 42.5 Å². The van der Waals surface area contributed by atoms with E-state index in [0.717, 1.165) is 17.2 Å². The van der Waals surface area contributed by atoms with Crippen molar-refractivity contribution in [3.05, 3.63) is 94.8 Å². The maximum Gasteiger partial charge on any atom is 0.342 e. The molecular weight excluding hydrogens is 385 g/mol. The van der Waals surface area contributed by atoms with Crippen molar-refractivity contribution in [1.29, 1.82) is 0 Å². The highest BCUT2D eigenvalue weighted by atomic mass is 19.1. The van der Waals surface area contributed by atoms with Crippen LogP contribution >= 0.6 is 0 Å². The summed E-state index contributed by atoms with van der Waals surface area (Å²) < 4.78 is 24.7. The number of carbonyl (C=O) groups excluding carboxylic acids is 2. The monoisotopic (exact) mass is 407 g/mol. The maximum atomic E-state index is 14.3. The molecule has 0 fully saturated rings. The average molecular weight is 407 g/mol. The maximum absolute atomic E-state index is 14.3. The Morgan fingerprint density at radius 3 is 2.37 bits per heavy atom. The van der Waals surface area contributed by atoms with Gasteiger partial charge >= 0.3 is 5.97 Å². The van der Waals surface area contributed by atoms with Crippen molar-refractivity contribution >= 4 is 17.6 Å². The lowest BCUT2D eigenvalue weighted by Crippen LogP contribution is -2.26. The third-order valence-corrected chi connectivity index (χ3v) is 4.61. The van der Waals surface area contributed by atoms with Crippen molar-refractivity contribution in [3.8, 4) is 5.75 Å². The van der Waals surface area contributed by atoms with Crippen LogP contribution in [0, 0.1) is 19.7 Å². The van der Waals surface area contributed by atoms with Crippen LogP contribution in [-0.4, -0.2) is 19.0 Å². The molecule has 1 N–H and O–H groups in total. The van der Waals surface area contributed by atoms with E-state index in [-0.39, 0.29) is 11.3 Å². The molecule has 0 saturated heterocycles. The van der Waals surface area contributed by atoms with Crippen LogP contribution in [0.5, 0.6) is 5.75 Å². The number of ether oxygens (including phenoxy) is 2. The first-order valence-corrected chi connectivity index (χ1v) is 9.36. The van der Waals surface area contributed by atoms with Crippen molar-refractivity contribution in [2.75, 3.05) is 12.4 Å². The first-order valence-electron chi connectivity index (χ1n) is 9.36. The second-order valence-electron chi connectivity index (χ2n) is 6.85. The summed E-state index contributed by atoms with van der Waals surface area (Å²) in [5.41, 5.74) is 2.66. The van der Waals surface area contributed by atoms with Crippen molar-refractivity contribution in [2.24, 2.45) is 0 Å². The van der Waals surface area contributed by atoms with E-state index in [2.05, 4.69) is 5.32 Å². The number of nitrogens with one attached hydrogen (secondary N) is 1. The van der Waals surface area contributed by atoms with Gasteiger partial charge in [0.25, 0.3) is 5.91 Å². The number of rotatable bonds is 6. The van der Waals surface area contributed by atoms with Crippen LogP contribution in [0.1, 0.15) is 33.2 Å². The molecule has 0 aliphatic heterocycles. The molecule has 5 nitrogen and oxygen atoms in total. The number of hydrogen-bond acceptors (Lipinski definition) is 4. The molecular formula is C24H22FNO4. The van der Waals surface area contributed by atoms with E-state index in [9.17, 15) is 14.0 Å². The van der Waals surface area contributed by atoms with E-state index in [1.54, 1.807) is 30.3 Å². The zero-order valence-corrected chi connectivity index (χ0v) is 16.9. The number of anilines is 1. The largest absolute Gasteiger partial charge is 0.497 e. The predicted molar refractivity (Wildman–Crippen MR) is 112 cm³/mol. The summed E-state index contributed by atoms with van der Waals surface area (Å²) in [7, 11) is 1.40. The quantitative estimate of drug-likeness (QED) is 0.585. The number of methoxy groups -OCH3 is 1. The van der Waals surface area contributed by atoms with Crippen LogP contribution in [0.4, 0.5) is 10.1 Å². The van der Waals surface area contributed by atoms with Gasteiger partial charge in [0.1, 0.15) is 11.6 Å². The summed E-state index contributed by atoms with van der Waals surface area (Å²) in [4.78, 5) is 25.7. The molecule has 0 heterocycles. The van der Waals surface area contributed by atoms with Gasteiger partial charge in [0.15, 0.2) is 0 Å². The lowest BCUT2D eigenvalue weighted by molar-refractivity contribution is -0.125. The Hall–Kier alpha value is -3.67. The Kier molecular flexibility index (Phi) is 6.47. The fraction of sp³-hybridized carbons (Fsp3) is 0.167. The molecule has 1 amide bonds. The Morgan fingerprint density at radius 2 is 1.70 bits per heavy atom. The molecule has 0 unspecified atom stereocenters. The Labute approximate surface area is 174 Å². The second kappa shape index (κ2) is 9.22. The molecule has 0 aromatic heterocycles. The minimum absolute atomic E-state index is 0.274. The number of amides is 1. The lowest BCUT2D eigenvalue weighted by Gasteiger charge is -2.19. The molecule has 0 spiro atoms. The first-order chi connectivity index (χ1) is 14.4. The van der Waals surface area contributed by atoms with E-state index in [4.69, 9.17) is 9.47 Å². The van der Waals surface area contributed by atoms with Crippen LogP contribution in [0.3, 0.4) is 0 Å². The van der Waals surface area contributed by atoms with Crippen molar-refractivity contribution in [1.82, 2.24) is 0 Å². The van der Waals surface area contributed by atoms with E-state index in [1.165, 1.54) is 19.2 Å². The predicted octanol–water partition coefficient (Wildman–Crippen LogP) is 4.99. The molecule has 0 bridgehead atoms. The third kappa shape index (κ3) is 4.84. The lowest BCUT2D eigenvalue weighted by atomic mass is 10.1. The van der Waals surface area contributed by atoms with Crippen LogP contribution in [0.15, 0.2) is 66.7 Å². The summed E-state index contributed by atoms with van der Waals surface area (Å²) in [6, 6.07) is 18.1. The normalized spacial score (nSPS) is 11.5. The van der Waals surface area contributed by atoms with Gasteiger partial charge < -0.3 is 14.8 Å². The molecule has 0 saturated carbocycles. The third-order valence-electron chi connectivity index (χ3n) is 4.61. The van der Waals surface area contributed by atoms with Crippen molar-refractivity contribution in [2.45, 2.75) is 20.0 Å². The number of halogens is 1. The minimum atomic E-state index is -1.25. The second-order valence-corrected chi connectivity index (χ2v) is 6.85. The van der Waals surface area contributed by atoms with E-state index >= 15 is 0 Å².